The number of piperidine rings is 1. The summed E-state index contributed by atoms with van der Waals surface area (Å²) in [6, 6.07) is 7.64. The number of aryl methyl sites for hydroxylation is 1. The van der Waals surface area contributed by atoms with Crippen LogP contribution in [0.25, 0.3) is 28.1 Å². The molecule has 0 atom stereocenters. The lowest BCUT2D eigenvalue weighted by atomic mass is 9.83. The summed E-state index contributed by atoms with van der Waals surface area (Å²) >= 11 is 0. The molecule has 218 valence electrons. The third-order valence-corrected chi connectivity index (χ3v) is 8.28. The highest BCUT2D eigenvalue weighted by Crippen LogP contribution is 2.32. The smallest absolute Gasteiger partial charge is 0.289 e. The van der Waals surface area contributed by atoms with Gasteiger partial charge in [-0.15, -0.1) is 0 Å². The third kappa shape index (κ3) is 4.93. The number of hydrogen-bond acceptors (Lipinski definition) is 9. The molecule has 1 aromatic carbocycles. The lowest BCUT2D eigenvalue weighted by Crippen LogP contribution is -2.44. The Labute approximate surface area is 238 Å². The van der Waals surface area contributed by atoms with E-state index in [2.05, 4.69) is 4.90 Å². The maximum absolute atomic E-state index is 13.8. The number of amides is 1. The zero-order valence-corrected chi connectivity index (χ0v) is 24.3. The highest BCUT2D eigenvalue weighted by atomic mass is 16.5. The molecule has 4 aromatic rings. The van der Waals surface area contributed by atoms with Crippen LogP contribution in [0.3, 0.4) is 0 Å². The molecular formula is C29H38N8O4. The van der Waals surface area contributed by atoms with Crippen molar-refractivity contribution >= 4 is 33.9 Å². The zero-order chi connectivity index (χ0) is 29.1. The Kier molecular flexibility index (Phi) is 6.74. The van der Waals surface area contributed by atoms with Crippen molar-refractivity contribution < 1.29 is 19.7 Å². The third-order valence-electron chi connectivity index (χ3n) is 8.28. The summed E-state index contributed by atoms with van der Waals surface area (Å²) in [5, 5.41) is 21.5. The average Bonchev–Trinajstić information content (AvgIpc) is 3.51. The number of morpholine rings is 1. The molecule has 12 nitrogen and oxygen atoms in total. The van der Waals surface area contributed by atoms with Gasteiger partial charge in [-0.05, 0) is 58.6 Å². The summed E-state index contributed by atoms with van der Waals surface area (Å²) in [5.41, 5.74) is 0.514. The fraction of sp³-hybridized carbons (Fsp3) is 0.552. The molecule has 0 radical (unpaired) electrons. The van der Waals surface area contributed by atoms with Crippen molar-refractivity contribution in [3.05, 3.63) is 35.9 Å². The predicted molar refractivity (Wildman–Crippen MR) is 154 cm³/mol. The number of likely N-dealkylation sites (tertiary alicyclic amines) is 1. The van der Waals surface area contributed by atoms with Gasteiger partial charge in [-0.3, -0.25) is 9.36 Å². The summed E-state index contributed by atoms with van der Waals surface area (Å²) in [6.45, 7) is 10.5. The number of aromatic nitrogens is 6. The molecule has 2 aliphatic heterocycles. The van der Waals surface area contributed by atoms with E-state index in [0.29, 0.717) is 74.0 Å². The quantitative estimate of drug-likeness (QED) is 0.376. The fourth-order valence-electron chi connectivity index (χ4n) is 5.89. The Bertz CT molecular complexity index is 1600. The molecule has 0 bridgehead atoms. The zero-order valence-electron chi connectivity index (χ0n) is 24.3. The van der Waals surface area contributed by atoms with Crippen LogP contribution >= 0.6 is 0 Å². The SMILES string of the molecule is Cn1c(C(=O)N2CCC(C(C)(C)O)CC2)nc2c(N3CCOCC3)nc(-n3c(C(C)(C)O)nc4ccccc43)nc21. The van der Waals surface area contributed by atoms with Crippen LogP contribution in [0.2, 0.25) is 0 Å². The number of aliphatic hydroxyl groups is 2. The van der Waals surface area contributed by atoms with Crippen LogP contribution in [0.5, 0.6) is 0 Å². The molecular weight excluding hydrogens is 524 g/mol. The molecule has 3 aromatic heterocycles. The molecule has 0 saturated carbocycles. The normalized spacial score (nSPS) is 17.6. The number of rotatable bonds is 5. The maximum atomic E-state index is 13.8. The van der Waals surface area contributed by atoms with Gasteiger partial charge in [0.1, 0.15) is 11.4 Å². The van der Waals surface area contributed by atoms with E-state index in [1.807, 2.05) is 43.0 Å². The van der Waals surface area contributed by atoms with Gasteiger partial charge in [0, 0.05) is 33.2 Å². The standard InChI is InChI=1S/C29H38N8O4/c1-28(2,39)18-10-12-36(13-11-18)25(38)24-31-21-22(34(24)5)32-27(33-23(21)35-14-16-41-17-15-35)37-20-9-7-6-8-19(20)30-26(37)29(3,4)40/h6-9,18,39-40H,10-17H2,1-5H3. The Hall–Kier alpha value is -3.61. The average molecular weight is 563 g/mol. The summed E-state index contributed by atoms with van der Waals surface area (Å²) < 4.78 is 9.12. The first-order chi connectivity index (χ1) is 19.4. The van der Waals surface area contributed by atoms with E-state index in [4.69, 9.17) is 24.7 Å². The number of ether oxygens (including phenoxy) is 1. The fourth-order valence-corrected chi connectivity index (χ4v) is 5.89. The molecule has 41 heavy (non-hydrogen) atoms. The second kappa shape index (κ2) is 10.0. The minimum Gasteiger partial charge on any atom is -0.390 e. The monoisotopic (exact) mass is 562 g/mol. The molecule has 5 heterocycles. The second-order valence-electron chi connectivity index (χ2n) is 12.2. The van der Waals surface area contributed by atoms with Crippen molar-refractivity contribution in [2.24, 2.45) is 13.0 Å². The van der Waals surface area contributed by atoms with Crippen molar-refractivity contribution in [3.8, 4) is 5.95 Å². The summed E-state index contributed by atoms with van der Waals surface area (Å²) in [7, 11) is 1.80. The Morgan fingerprint density at radius 2 is 1.63 bits per heavy atom. The minimum absolute atomic E-state index is 0.142. The van der Waals surface area contributed by atoms with Gasteiger partial charge >= 0.3 is 0 Å². The van der Waals surface area contributed by atoms with Crippen molar-refractivity contribution in [3.63, 3.8) is 0 Å². The van der Waals surface area contributed by atoms with Gasteiger partial charge < -0.3 is 29.3 Å². The van der Waals surface area contributed by atoms with Gasteiger partial charge in [0.25, 0.3) is 5.91 Å². The first-order valence-corrected chi connectivity index (χ1v) is 14.2. The van der Waals surface area contributed by atoms with Crippen LogP contribution in [0.1, 0.15) is 57.0 Å². The van der Waals surface area contributed by atoms with Crippen LogP contribution in [0, 0.1) is 5.92 Å². The van der Waals surface area contributed by atoms with Gasteiger partial charge in [0.05, 0.1) is 29.8 Å². The summed E-state index contributed by atoms with van der Waals surface area (Å²) in [4.78, 5) is 37.1. The van der Waals surface area contributed by atoms with Gasteiger partial charge in [-0.2, -0.15) is 9.97 Å². The topological polar surface area (TPSA) is 135 Å². The minimum atomic E-state index is -1.26. The van der Waals surface area contributed by atoms with E-state index >= 15 is 0 Å². The number of anilines is 1. The first-order valence-electron chi connectivity index (χ1n) is 14.2. The number of hydrogen-bond donors (Lipinski definition) is 2. The van der Waals surface area contributed by atoms with Gasteiger partial charge in [-0.25, -0.2) is 9.97 Å². The Morgan fingerprint density at radius 1 is 0.951 bits per heavy atom. The van der Waals surface area contributed by atoms with Crippen LogP contribution in [-0.4, -0.2) is 95.1 Å². The van der Waals surface area contributed by atoms with E-state index in [-0.39, 0.29) is 11.8 Å². The predicted octanol–water partition coefficient (Wildman–Crippen LogP) is 2.39. The van der Waals surface area contributed by atoms with Crippen molar-refractivity contribution in [2.75, 3.05) is 44.3 Å². The summed E-state index contributed by atoms with van der Waals surface area (Å²) in [6.07, 6.45) is 1.46. The van der Waals surface area contributed by atoms with Crippen LogP contribution in [0.15, 0.2) is 24.3 Å². The number of para-hydroxylation sites is 2. The molecule has 12 heteroatoms. The number of benzene rings is 1. The molecule has 6 rings (SSSR count). The molecule has 2 saturated heterocycles. The number of nitrogens with zero attached hydrogens (tertiary/aromatic N) is 8. The van der Waals surface area contributed by atoms with Gasteiger partial charge in [-0.1, -0.05) is 12.1 Å². The molecule has 0 unspecified atom stereocenters. The van der Waals surface area contributed by atoms with Crippen molar-refractivity contribution in [1.29, 1.82) is 0 Å². The van der Waals surface area contributed by atoms with E-state index in [9.17, 15) is 15.0 Å². The molecule has 2 aliphatic rings. The largest absolute Gasteiger partial charge is 0.390 e. The van der Waals surface area contributed by atoms with E-state index in [1.165, 1.54) is 0 Å². The van der Waals surface area contributed by atoms with Crippen LogP contribution in [-0.2, 0) is 17.4 Å². The highest BCUT2D eigenvalue weighted by molar-refractivity contribution is 5.96. The Morgan fingerprint density at radius 3 is 2.29 bits per heavy atom. The summed E-state index contributed by atoms with van der Waals surface area (Å²) in [5.74, 6) is 1.64. The van der Waals surface area contributed by atoms with Crippen LogP contribution in [0.4, 0.5) is 5.82 Å². The number of carbonyl (C=O) groups is 1. The lowest BCUT2D eigenvalue weighted by molar-refractivity contribution is -0.0110. The molecule has 2 N–H and O–H groups in total. The molecule has 1 amide bonds. The van der Waals surface area contributed by atoms with E-state index < -0.39 is 11.2 Å². The van der Waals surface area contributed by atoms with Gasteiger partial charge in [0.2, 0.25) is 11.8 Å². The van der Waals surface area contributed by atoms with Crippen molar-refractivity contribution in [1.82, 2.24) is 34.0 Å². The number of carbonyl (C=O) groups excluding carboxylic acids is 1. The van der Waals surface area contributed by atoms with Gasteiger partial charge in [0.15, 0.2) is 17.0 Å². The molecule has 2 fully saturated rings. The maximum Gasteiger partial charge on any atom is 0.289 e. The number of imidazole rings is 2. The first kappa shape index (κ1) is 27.6. The Balaban J connectivity index is 1.49. The molecule has 0 aliphatic carbocycles. The number of fused-ring (bicyclic) bond motifs is 2. The lowest BCUT2D eigenvalue weighted by Gasteiger charge is -2.37. The highest BCUT2D eigenvalue weighted by Gasteiger charge is 2.35. The second-order valence-corrected chi connectivity index (χ2v) is 12.2. The molecule has 0 spiro atoms. The van der Waals surface area contributed by atoms with E-state index in [1.54, 1.807) is 30.0 Å². The van der Waals surface area contributed by atoms with E-state index in [0.717, 1.165) is 23.9 Å². The van der Waals surface area contributed by atoms with Crippen molar-refractivity contribution in [2.45, 2.75) is 51.7 Å². The van der Waals surface area contributed by atoms with Crippen LogP contribution < -0.4 is 4.90 Å².